The second-order valence-corrected chi connectivity index (χ2v) is 5.50. The Bertz CT molecular complexity index is 912. The van der Waals surface area contributed by atoms with E-state index in [-0.39, 0.29) is 23.7 Å². The lowest BCUT2D eigenvalue weighted by molar-refractivity contribution is 0.0697. The lowest BCUT2D eigenvalue weighted by Crippen LogP contribution is -2.05. The number of halogens is 2. The van der Waals surface area contributed by atoms with Gasteiger partial charge in [-0.2, -0.15) is 0 Å². The van der Waals surface area contributed by atoms with Crippen LogP contribution in [0.1, 0.15) is 15.9 Å². The number of aromatic carboxylic acids is 1. The van der Waals surface area contributed by atoms with Crippen LogP contribution in [0.3, 0.4) is 0 Å². The van der Waals surface area contributed by atoms with Gasteiger partial charge in [0.25, 0.3) is 0 Å². The average molecular weight is 365 g/mol. The molecule has 24 heavy (non-hydrogen) atoms. The number of benzene rings is 2. The standard InChI is InChI=1S/C17H13ClN2O3.ClH/c1-9-14(18)7-6-12-15(9)19-8-13(17(22)23)16(12)20-10-2-4-11(21)5-3-10;/h2-8,21H,1H3,(H,19,20)(H,22,23);1H. The summed E-state index contributed by atoms with van der Waals surface area (Å²) in [6.45, 7) is 1.84. The number of anilines is 2. The van der Waals surface area contributed by atoms with Gasteiger partial charge in [-0.05, 0) is 48.9 Å². The van der Waals surface area contributed by atoms with Gasteiger partial charge in [0.1, 0.15) is 11.3 Å². The van der Waals surface area contributed by atoms with Gasteiger partial charge in [-0.15, -0.1) is 12.4 Å². The van der Waals surface area contributed by atoms with Gasteiger partial charge in [-0.25, -0.2) is 4.79 Å². The van der Waals surface area contributed by atoms with Gasteiger partial charge in [0, 0.05) is 22.3 Å². The highest BCUT2D eigenvalue weighted by molar-refractivity contribution is 6.32. The molecule has 0 bridgehead atoms. The molecule has 0 spiro atoms. The molecule has 124 valence electrons. The Morgan fingerprint density at radius 2 is 1.83 bits per heavy atom. The number of aromatic nitrogens is 1. The zero-order valence-electron chi connectivity index (χ0n) is 12.6. The summed E-state index contributed by atoms with van der Waals surface area (Å²) in [6.07, 6.45) is 1.32. The van der Waals surface area contributed by atoms with Crippen molar-refractivity contribution in [1.82, 2.24) is 4.98 Å². The molecule has 3 aromatic rings. The number of phenols is 1. The van der Waals surface area contributed by atoms with Gasteiger partial charge < -0.3 is 15.5 Å². The summed E-state index contributed by atoms with van der Waals surface area (Å²) in [4.78, 5) is 15.7. The summed E-state index contributed by atoms with van der Waals surface area (Å²) in [7, 11) is 0. The largest absolute Gasteiger partial charge is 0.508 e. The van der Waals surface area contributed by atoms with Crippen LogP contribution in [0.2, 0.25) is 5.02 Å². The summed E-state index contributed by atoms with van der Waals surface area (Å²) in [5.41, 5.74) is 2.59. The maximum atomic E-state index is 11.5. The van der Waals surface area contributed by atoms with Gasteiger partial charge in [-0.3, -0.25) is 4.98 Å². The number of fused-ring (bicyclic) bond motifs is 1. The van der Waals surface area contributed by atoms with Crippen LogP contribution in [0.4, 0.5) is 11.4 Å². The Morgan fingerprint density at radius 1 is 1.17 bits per heavy atom. The Kier molecular flexibility index (Phi) is 5.17. The van der Waals surface area contributed by atoms with E-state index in [1.54, 1.807) is 24.3 Å². The highest BCUT2D eigenvalue weighted by Gasteiger charge is 2.16. The Hall–Kier alpha value is -2.50. The maximum absolute atomic E-state index is 11.5. The Labute approximate surface area is 149 Å². The third-order valence-electron chi connectivity index (χ3n) is 3.59. The van der Waals surface area contributed by atoms with Crippen molar-refractivity contribution in [3.8, 4) is 5.75 Å². The fourth-order valence-corrected chi connectivity index (χ4v) is 2.52. The minimum atomic E-state index is -1.08. The number of hydrogen-bond donors (Lipinski definition) is 3. The summed E-state index contributed by atoms with van der Waals surface area (Å²) in [5, 5.41) is 23.1. The van der Waals surface area contributed by atoms with Crippen molar-refractivity contribution >= 4 is 52.3 Å². The average Bonchev–Trinajstić information content (AvgIpc) is 2.53. The number of aryl methyl sites for hydroxylation is 1. The van der Waals surface area contributed by atoms with Gasteiger partial charge in [-0.1, -0.05) is 11.6 Å². The molecule has 0 saturated heterocycles. The first-order valence-corrected chi connectivity index (χ1v) is 7.22. The molecule has 3 N–H and O–H groups in total. The van der Waals surface area contributed by atoms with Crippen molar-refractivity contribution in [1.29, 1.82) is 0 Å². The molecule has 0 aliphatic carbocycles. The van der Waals surface area contributed by atoms with E-state index in [2.05, 4.69) is 10.3 Å². The summed E-state index contributed by atoms with van der Waals surface area (Å²) in [6, 6.07) is 9.83. The molecule has 0 atom stereocenters. The second kappa shape index (κ2) is 6.95. The zero-order valence-corrected chi connectivity index (χ0v) is 14.1. The highest BCUT2D eigenvalue weighted by Crippen LogP contribution is 2.33. The topological polar surface area (TPSA) is 82.5 Å². The van der Waals surface area contributed by atoms with Crippen LogP contribution in [0.5, 0.6) is 5.75 Å². The summed E-state index contributed by atoms with van der Waals surface area (Å²) < 4.78 is 0. The van der Waals surface area contributed by atoms with E-state index < -0.39 is 5.97 Å². The molecule has 0 radical (unpaired) electrons. The molecule has 0 amide bonds. The van der Waals surface area contributed by atoms with Crippen molar-refractivity contribution in [2.75, 3.05) is 5.32 Å². The molecular weight excluding hydrogens is 351 g/mol. The van der Waals surface area contributed by atoms with Crippen LogP contribution < -0.4 is 5.32 Å². The minimum absolute atomic E-state index is 0. The van der Waals surface area contributed by atoms with Gasteiger partial charge >= 0.3 is 5.97 Å². The molecule has 0 aliphatic heterocycles. The van der Waals surface area contributed by atoms with Crippen molar-refractivity contribution in [3.05, 3.63) is 58.7 Å². The molecule has 3 rings (SSSR count). The fraction of sp³-hybridized carbons (Fsp3) is 0.0588. The molecule has 7 heteroatoms. The number of carboxylic acids is 1. The number of hydrogen-bond acceptors (Lipinski definition) is 4. The number of nitrogens with zero attached hydrogens (tertiary/aromatic N) is 1. The zero-order chi connectivity index (χ0) is 16.6. The van der Waals surface area contributed by atoms with Crippen molar-refractivity contribution < 1.29 is 15.0 Å². The number of phenolic OH excluding ortho intramolecular Hbond substituents is 1. The van der Waals surface area contributed by atoms with Crippen LogP contribution in [0, 0.1) is 6.92 Å². The third kappa shape index (κ3) is 3.22. The van der Waals surface area contributed by atoms with Crippen LogP contribution in [0.15, 0.2) is 42.6 Å². The molecule has 0 saturated carbocycles. The van der Waals surface area contributed by atoms with Crippen LogP contribution in [0.25, 0.3) is 10.9 Å². The second-order valence-electron chi connectivity index (χ2n) is 5.09. The number of carboxylic acid groups (broad SMARTS) is 1. The first-order chi connectivity index (χ1) is 11.0. The summed E-state index contributed by atoms with van der Waals surface area (Å²) in [5.74, 6) is -0.940. The van der Waals surface area contributed by atoms with Crippen LogP contribution in [-0.2, 0) is 0 Å². The number of carbonyl (C=O) groups is 1. The Balaban J connectivity index is 0.00000208. The maximum Gasteiger partial charge on any atom is 0.339 e. The number of rotatable bonds is 3. The van der Waals surface area contributed by atoms with E-state index in [9.17, 15) is 15.0 Å². The number of pyridine rings is 1. The molecule has 1 aromatic heterocycles. The van der Waals surface area contributed by atoms with E-state index in [0.29, 0.717) is 27.3 Å². The van der Waals surface area contributed by atoms with Gasteiger partial charge in [0.15, 0.2) is 0 Å². The van der Waals surface area contributed by atoms with E-state index in [4.69, 9.17) is 11.6 Å². The minimum Gasteiger partial charge on any atom is -0.508 e. The fourth-order valence-electron chi connectivity index (χ4n) is 2.37. The van der Waals surface area contributed by atoms with E-state index in [0.717, 1.165) is 5.56 Å². The predicted octanol–water partition coefficient (Wildman–Crippen LogP) is 4.77. The van der Waals surface area contributed by atoms with Crippen LogP contribution in [-0.4, -0.2) is 21.2 Å². The van der Waals surface area contributed by atoms with Gasteiger partial charge in [0.2, 0.25) is 0 Å². The van der Waals surface area contributed by atoms with Crippen molar-refractivity contribution in [3.63, 3.8) is 0 Å². The smallest absolute Gasteiger partial charge is 0.339 e. The summed E-state index contributed by atoms with van der Waals surface area (Å²) >= 11 is 6.12. The first-order valence-electron chi connectivity index (χ1n) is 6.84. The molecular formula is C17H14Cl2N2O3. The Morgan fingerprint density at radius 3 is 2.46 bits per heavy atom. The number of aromatic hydroxyl groups is 1. The molecule has 0 unspecified atom stereocenters. The normalized spacial score (nSPS) is 10.2. The molecule has 0 fully saturated rings. The monoisotopic (exact) mass is 364 g/mol. The lowest BCUT2D eigenvalue weighted by Gasteiger charge is -2.14. The lowest BCUT2D eigenvalue weighted by atomic mass is 10.1. The van der Waals surface area contributed by atoms with Crippen molar-refractivity contribution in [2.24, 2.45) is 0 Å². The SMILES string of the molecule is Cc1c(Cl)ccc2c(Nc3ccc(O)cc3)c(C(=O)O)cnc12.Cl. The van der Waals surface area contributed by atoms with Gasteiger partial charge in [0.05, 0.1) is 11.2 Å². The van der Waals surface area contributed by atoms with E-state index in [1.807, 2.05) is 6.92 Å². The molecule has 0 aliphatic rings. The number of nitrogens with one attached hydrogen (secondary N) is 1. The van der Waals surface area contributed by atoms with E-state index in [1.165, 1.54) is 18.3 Å². The third-order valence-corrected chi connectivity index (χ3v) is 4.00. The quantitative estimate of drug-likeness (QED) is 0.583. The molecule has 1 heterocycles. The highest BCUT2D eigenvalue weighted by atomic mass is 35.5. The van der Waals surface area contributed by atoms with Crippen molar-refractivity contribution in [2.45, 2.75) is 6.92 Å². The van der Waals surface area contributed by atoms with Crippen LogP contribution >= 0.6 is 24.0 Å². The predicted molar refractivity (Wildman–Crippen MR) is 97.1 cm³/mol. The molecule has 2 aromatic carbocycles. The first kappa shape index (κ1) is 17.8. The molecule has 5 nitrogen and oxygen atoms in total. The van der Waals surface area contributed by atoms with E-state index >= 15 is 0 Å².